The molecule has 0 aliphatic heterocycles. The van der Waals surface area contributed by atoms with Gasteiger partial charge in [-0.3, -0.25) is 4.68 Å². The molecule has 1 saturated carbocycles. The number of nitrogens with two attached hydrogens (primary N) is 1. The average Bonchev–Trinajstić information content (AvgIpc) is 2.52. The van der Waals surface area contributed by atoms with E-state index in [1.54, 1.807) is 0 Å². The van der Waals surface area contributed by atoms with Gasteiger partial charge in [-0.25, -0.2) is 0 Å². The van der Waals surface area contributed by atoms with Gasteiger partial charge in [0.2, 0.25) is 0 Å². The highest BCUT2D eigenvalue weighted by Gasteiger charge is 2.21. The van der Waals surface area contributed by atoms with Crippen molar-refractivity contribution in [1.29, 1.82) is 0 Å². The first-order valence-corrected chi connectivity index (χ1v) is 5.00. The van der Waals surface area contributed by atoms with Crippen molar-refractivity contribution in [2.75, 3.05) is 0 Å². The van der Waals surface area contributed by atoms with Crippen molar-refractivity contribution in [2.45, 2.75) is 37.6 Å². The third-order valence-corrected chi connectivity index (χ3v) is 2.91. The fraction of sp³-hybridized carbons (Fsp3) is 0.700. The maximum absolute atomic E-state index is 5.94. The van der Waals surface area contributed by atoms with Gasteiger partial charge < -0.3 is 5.73 Å². The first-order chi connectivity index (χ1) is 6.25. The van der Waals surface area contributed by atoms with Crippen LogP contribution in [0.1, 0.15) is 37.2 Å². The van der Waals surface area contributed by atoms with Gasteiger partial charge in [0, 0.05) is 19.3 Å². The van der Waals surface area contributed by atoms with Crippen LogP contribution < -0.4 is 5.73 Å². The summed E-state index contributed by atoms with van der Waals surface area (Å²) in [5.74, 6) is 0.650. The van der Waals surface area contributed by atoms with Gasteiger partial charge in [0.25, 0.3) is 0 Å². The van der Waals surface area contributed by atoms with Crippen molar-refractivity contribution in [3.8, 4) is 0 Å². The highest BCUT2D eigenvalue weighted by atomic mass is 15.2. The summed E-state index contributed by atoms with van der Waals surface area (Å²) in [6.45, 7) is 0. The lowest BCUT2D eigenvalue weighted by Crippen LogP contribution is -2.26. The van der Waals surface area contributed by atoms with Crippen LogP contribution in [-0.4, -0.2) is 15.8 Å². The molecule has 3 nitrogen and oxygen atoms in total. The van der Waals surface area contributed by atoms with Crippen molar-refractivity contribution >= 4 is 0 Å². The standard InChI is InChI=1S/C10H17N3/c1-13-7-9(6-12-13)8-3-2-4-10(11)5-8/h6-8,10H,2-5,11H2,1H3. The monoisotopic (exact) mass is 179 g/mol. The van der Waals surface area contributed by atoms with Gasteiger partial charge in [-0.05, 0) is 30.7 Å². The van der Waals surface area contributed by atoms with Crippen LogP contribution in [0.5, 0.6) is 0 Å². The Morgan fingerprint density at radius 3 is 3.00 bits per heavy atom. The Morgan fingerprint density at radius 2 is 2.38 bits per heavy atom. The van der Waals surface area contributed by atoms with Crippen LogP contribution in [-0.2, 0) is 7.05 Å². The molecule has 0 bridgehead atoms. The number of hydrogen-bond acceptors (Lipinski definition) is 2. The molecule has 1 aliphatic carbocycles. The number of aryl methyl sites for hydroxylation is 1. The van der Waals surface area contributed by atoms with Crippen LogP contribution in [0.15, 0.2) is 12.4 Å². The molecule has 1 heterocycles. The van der Waals surface area contributed by atoms with Gasteiger partial charge in [0.05, 0.1) is 6.20 Å². The molecule has 72 valence electrons. The number of hydrogen-bond donors (Lipinski definition) is 1. The largest absolute Gasteiger partial charge is 0.328 e. The van der Waals surface area contributed by atoms with Crippen LogP contribution in [0.3, 0.4) is 0 Å². The summed E-state index contributed by atoms with van der Waals surface area (Å²) in [6, 6.07) is 0.402. The van der Waals surface area contributed by atoms with E-state index in [0.29, 0.717) is 12.0 Å². The molecule has 0 radical (unpaired) electrons. The molecule has 0 spiro atoms. The first kappa shape index (κ1) is 8.75. The normalized spacial score (nSPS) is 29.1. The second kappa shape index (κ2) is 3.50. The molecule has 2 N–H and O–H groups in total. The molecule has 1 aliphatic rings. The minimum atomic E-state index is 0.402. The number of rotatable bonds is 1. The molecule has 0 saturated heterocycles. The zero-order valence-electron chi connectivity index (χ0n) is 8.11. The van der Waals surface area contributed by atoms with Gasteiger partial charge in [0.15, 0.2) is 0 Å². The lowest BCUT2D eigenvalue weighted by Gasteiger charge is -2.25. The summed E-state index contributed by atoms with van der Waals surface area (Å²) in [5, 5.41) is 4.19. The predicted octanol–water partition coefficient (Wildman–Crippen LogP) is 1.41. The Balaban J connectivity index is 2.08. The molecule has 2 rings (SSSR count). The SMILES string of the molecule is Cn1cc(C2CCCC(N)C2)cn1. The highest BCUT2D eigenvalue weighted by molar-refractivity contribution is 5.12. The summed E-state index contributed by atoms with van der Waals surface area (Å²) >= 11 is 0. The number of aromatic nitrogens is 2. The van der Waals surface area contributed by atoms with E-state index in [0.717, 1.165) is 6.42 Å². The molecule has 1 aromatic rings. The van der Waals surface area contributed by atoms with Crippen molar-refractivity contribution in [3.63, 3.8) is 0 Å². The topological polar surface area (TPSA) is 43.8 Å². The minimum Gasteiger partial charge on any atom is -0.328 e. The molecule has 13 heavy (non-hydrogen) atoms. The van der Waals surface area contributed by atoms with E-state index in [-0.39, 0.29) is 0 Å². The third kappa shape index (κ3) is 1.91. The molecule has 3 heteroatoms. The molecule has 0 aromatic carbocycles. The van der Waals surface area contributed by atoms with Gasteiger partial charge in [-0.1, -0.05) is 6.42 Å². The highest BCUT2D eigenvalue weighted by Crippen LogP contribution is 2.31. The Bertz CT molecular complexity index is 279. The second-order valence-electron chi connectivity index (χ2n) is 4.07. The average molecular weight is 179 g/mol. The predicted molar refractivity (Wildman–Crippen MR) is 52.4 cm³/mol. The fourth-order valence-electron chi connectivity index (χ4n) is 2.18. The van der Waals surface area contributed by atoms with E-state index in [1.807, 2.05) is 17.9 Å². The summed E-state index contributed by atoms with van der Waals surface area (Å²) in [5.41, 5.74) is 7.30. The molecule has 1 fully saturated rings. The third-order valence-electron chi connectivity index (χ3n) is 2.91. The van der Waals surface area contributed by atoms with Crippen molar-refractivity contribution in [3.05, 3.63) is 18.0 Å². The van der Waals surface area contributed by atoms with Gasteiger partial charge in [0.1, 0.15) is 0 Å². The summed E-state index contributed by atoms with van der Waals surface area (Å²) < 4.78 is 1.87. The Hall–Kier alpha value is -0.830. The lowest BCUT2D eigenvalue weighted by molar-refractivity contribution is 0.393. The Kier molecular flexibility index (Phi) is 2.36. The summed E-state index contributed by atoms with van der Waals surface area (Å²) in [4.78, 5) is 0. The van der Waals surface area contributed by atoms with Crippen molar-refractivity contribution in [1.82, 2.24) is 9.78 Å². The Labute approximate surface area is 78.9 Å². The molecule has 0 amide bonds. The van der Waals surface area contributed by atoms with Crippen LogP contribution >= 0.6 is 0 Å². The minimum absolute atomic E-state index is 0.402. The zero-order valence-corrected chi connectivity index (χ0v) is 8.11. The fourth-order valence-corrected chi connectivity index (χ4v) is 2.18. The van der Waals surface area contributed by atoms with Gasteiger partial charge >= 0.3 is 0 Å². The molecule has 2 unspecified atom stereocenters. The molecule has 2 atom stereocenters. The molecular formula is C10H17N3. The lowest BCUT2D eigenvalue weighted by atomic mass is 9.83. The van der Waals surface area contributed by atoms with Crippen LogP contribution in [0.2, 0.25) is 0 Å². The first-order valence-electron chi connectivity index (χ1n) is 5.00. The summed E-state index contributed by atoms with van der Waals surface area (Å²) in [7, 11) is 1.96. The van der Waals surface area contributed by atoms with Gasteiger partial charge in [-0.2, -0.15) is 5.10 Å². The van der Waals surface area contributed by atoms with E-state index in [2.05, 4.69) is 11.3 Å². The molecule has 1 aromatic heterocycles. The maximum atomic E-state index is 5.94. The van der Waals surface area contributed by atoms with E-state index in [4.69, 9.17) is 5.73 Å². The maximum Gasteiger partial charge on any atom is 0.0524 e. The van der Waals surface area contributed by atoms with Crippen LogP contribution in [0.4, 0.5) is 0 Å². The molecular weight excluding hydrogens is 162 g/mol. The van der Waals surface area contributed by atoms with Crippen LogP contribution in [0.25, 0.3) is 0 Å². The van der Waals surface area contributed by atoms with Crippen molar-refractivity contribution < 1.29 is 0 Å². The quantitative estimate of drug-likeness (QED) is 0.708. The van der Waals surface area contributed by atoms with Gasteiger partial charge in [-0.15, -0.1) is 0 Å². The smallest absolute Gasteiger partial charge is 0.0524 e. The zero-order chi connectivity index (χ0) is 9.26. The Morgan fingerprint density at radius 1 is 1.54 bits per heavy atom. The van der Waals surface area contributed by atoms with E-state index < -0.39 is 0 Å². The van der Waals surface area contributed by atoms with E-state index >= 15 is 0 Å². The van der Waals surface area contributed by atoms with E-state index in [9.17, 15) is 0 Å². The number of nitrogens with zero attached hydrogens (tertiary/aromatic N) is 2. The van der Waals surface area contributed by atoms with E-state index in [1.165, 1.54) is 24.8 Å². The van der Waals surface area contributed by atoms with Crippen LogP contribution in [0, 0.1) is 0 Å². The second-order valence-corrected chi connectivity index (χ2v) is 4.07. The summed E-state index contributed by atoms with van der Waals surface area (Å²) in [6.07, 6.45) is 8.95. The van der Waals surface area contributed by atoms with Crippen molar-refractivity contribution in [2.24, 2.45) is 12.8 Å².